The second kappa shape index (κ2) is 8.20. The van der Waals surface area contributed by atoms with Gasteiger partial charge in [0.25, 0.3) is 0 Å². The summed E-state index contributed by atoms with van der Waals surface area (Å²) in [5.74, 6) is 0.479. The van der Waals surface area contributed by atoms with Crippen LogP contribution >= 0.6 is 0 Å². The number of hydrogen-bond donors (Lipinski definition) is 2. The van der Waals surface area contributed by atoms with Gasteiger partial charge in [0, 0.05) is 6.04 Å². The highest BCUT2D eigenvalue weighted by molar-refractivity contribution is 5.73. The zero-order valence-electron chi connectivity index (χ0n) is 15.0. The van der Waals surface area contributed by atoms with E-state index in [0.29, 0.717) is 17.9 Å². The van der Waals surface area contributed by atoms with Crippen molar-refractivity contribution in [2.75, 3.05) is 14.2 Å². The zero-order chi connectivity index (χ0) is 17.6. The Morgan fingerprint density at radius 2 is 1.83 bits per heavy atom. The Morgan fingerprint density at radius 1 is 1.22 bits per heavy atom. The lowest BCUT2D eigenvalue weighted by Crippen LogP contribution is -2.39. The standard InChI is InChI=1S/C18H29NO4/c1-12(13-7-8-15(22-5)16(11-13)23-6)19-14(17(20)21)9-10-18(2,3)4/h7-8,11-12,14,19H,9-10H2,1-6H3,(H,20,21)/t12-,14-/m0/s1. The third-order valence-electron chi connectivity index (χ3n) is 3.84. The van der Waals surface area contributed by atoms with Crippen molar-refractivity contribution >= 4 is 5.97 Å². The normalized spacial score (nSPS) is 14.2. The predicted molar refractivity (Wildman–Crippen MR) is 91.2 cm³/mol. The number of ether oxygens (including phenoxy) is 2. The van der Waals surface area contributed by atoms with Crippen molar-refractivity contribution in [1.29, 1.82) is 0 Å². The number of carbonyl (C=O) groups is 1. The number of rotatable bonds is 8. The molecule has 0 amide bonds. The van der Waals surface area contributed by atoms with E-state index in [1.807, 2.05) is 25.1 Å². The van der Waals surface area contributed by atoms with Gasteiger partial charge in [0.1, 0.15) is 6.04 Å². The second-order valence-electron chi connectivity index (χ2n) is 6.99. The Morgan fingerprint density at radius 3 is 2.30 bits per heavy atom. The lowest BCUT2D eigenvalue weighted by Gasteiger charge is -2.24. The first-order chi connectivity index (χ1) is 10.7. The molecule has 5 heteroatoms. The second-order valence-corrected chi connectivity index (χ2v) is 6.99. The highest BCUT2D eigenvalue weighted by Crippen LogP contribution is 2.30. The van der Waals surface area contributed by atoms with Crippen LogP contribution in [0, 0.1) is 5.41 Å². The van der Waals surface area contributed by atoms with Crippen LogP contribution in [0.2, 0.25) is 0 Å². The average molecular weight is 323 g/mol. The molecule has 0 aliphatic heterocycles. The van der Waals surface area contributed by atoms with Crippen LogP contribution in [0.1, 0.15) is 52.1 Å². The first kappa shape index (κ1) is 19.3. The number of hydrogen-bond acceptors (Lipinski definition) is 4. The predicted octanol–water partition coefficient (Wildman–Crippen LogP) is 3.63. The summed E-state index contributed by atoms with van der Waals surface area (Å²) in [5.41, 5.74) is 1.08. The Balaban J connectivity index is 2.82. The maximum atomic E-state index is 11.5. The quantitative estimate of drug-likeness (QED) is 0.764. The molecule has 0 heterocycles. The van der Waals surface area contributed by atoms with E-state index in [-0.39, 0.29) is 11.5 Å². The van der Waals surface area contributed by atoms with E-state index in [9.17, 15) is 9.90 Å². The minimum Gasteiger partial charge on any atom is -0.493 e. The molecule has 2 N–H and O–H groups in total. The maximum absolute atomic E-state index is 11.5. The Labute approximate surface area is 139 Å². The molecule has 0 aromatic heterocycles. The molecule has 0 spiro atoms. The summed E-state index contributed by atoms with van der Waals surface area (Å²) in [6.07, 6.45) is 1.44. The van der Waals surface area contributed by atoms with Gasteiger partial charge in [0.15, 0.2) is 11.5 Å². The van der Waals surface area contributed by atoms with Crippen molar-refractivity contribution in [3.8, 4) is 11.5 Å². The molecule has 1 rings (SSSR count). The van der Waals surface area contributed by atoms with Crippen molar-refractivity contribution in [3.63, 3.8) is 0 Å². The third kappa shape index (κ3) is 6.10. The van der Waals surface area contributed by atoms with E-state index in [4.69, 9.17) is 9.47 Å². The lowest BCUT2D eigenvalue weighted by atomic mass is 9.88. The number of aliphatic carboxylic acids is 1. The van der Waals surface area contributed by atoms with E-state index in [1.54, 1.807) is 14.2 Å². The molecular weight excluding hydrogens is 294 g/mol. The van der Waals surface area contributed by atoms with Crippen LogP contribution in [-0.4, -0.2) is 31.3 Å². The number of carboxylic acid groups (broad SMARTS) is 1. The van der Waals surface area contributed by atoms with Crippen LogP contribution in [0.4, 0.5) is 0 Å². The summed E-state index contributed by atoms with van der Waals surface area (Å²) in [4.78, 5) is 11.5. The fourth-order valence-electron chi connectivity index (χ4n) is 2.38. The molecule has 0 aliphatic carbocycles. The Bertz CT molecular complexity index is 522. The summed E-state index contributed by atoms with van der Waals surface area (Å²) < 4.78 is 10.5. The molecular formula is C18H29NO4. The molecule has 0 bridgehead atoms. The van der Waals surface area contributed by atoms with Crippen LogP contribution in [-0.2, 0) is 4.79 Å². The Hall–Kier alpha value is -1.75. The van der Waals surface area contributed by atoms with E-state index in [2.05, 4.69) is 26.1 Å². The van der Waals surface area contributed by atoms with Crippen molar-refractivity contribution in [3.05, 3.63) is 23.8 Å². The van der Waals surface area contributed by atoms with E-state index in [1.165, 1.54) is 0 Å². The molecule has 0 aliphatic rings. The SMILES string of the molecule is COc1ccc([C@H](C)N[C@@H](CCC(C)(C)C)C(=O)O)cc1OC. The molecule has 1 aromatic carbocycles. The molecule has 2 atom stereocenters. The van der Waals surface area contributed by atoms with Gasteiger partial charge in [-0.3, -0.25) is 10.1 Å². The maximum Gasteiger partial charge on any atom is 0.320 e. The number of methoxy groups -OCH3 is 2. The minimum atomic E-state index is -0.818. The van der Waals surface area contributed by atoms with Crippen molar-refractivity contribution in [2.45, 2.75) is 52.6 Å². The van der Waals surface area contributed by atoms with Crippen LogP contribution in [0.5, 0.6) is 11.5 Å². The largest absolute Gasteiger partial charge is 0.493 e. The zero-order valence-corrected chi connectivity index (χ0v) is 15.0. The first-order valence-corrected chi connectivity index (χ1v) is 7.88. The lowest BCUT2D eigenvalue weighted by molar-refractivity contribution is -0.140. The average Bonchev–Trinajstić information content (AvgIpc) is 2.49. The van der Waals surface area contributed by atoms with Crippen molar-refractivity contribution in [2.24, 2.45) is 5.41 Å². The monoisotopic (exact) mass is 323 g/mol. The van der Waals surface area contributed by atoms with Gasteiger partial charge < -0.3 is 14.6 Å². The molecule has 0 saturated carbocycles. The minimum absolute atomic E-state index is 0.101. The first-order valence-electron chi connectivity index (χ1n) is 7.88. The highest BCUT2D eigenvalue weighted by atomic mass is 16.5. The van der Waals surface area contributed by atoms with Gasteiger partial charge in [0.05, 0.1) is 14.2 Å². The molecule has 5 nitrogen and oxygen atoms in total. The molecule has 130 valence electrons. The number of carboxylic acids is 1. The van der Waals surface area contributed by atoms with E-state index < -0.39 is 12.0 Å². The molecule has 0 unspecified atom stereocenters. The summed E-state index contributed by atoms with van der Waals surface area (Å²) in [7, 11) is 3.18. The summed E-state index contributed by atoms with van der Waals surface area (Å²) in [5, 5.41) is 12.6. The Kier molecular flexibility index (Phi) is 6.88. The van der Waals surface area contributed by atoms with Crippen LogP contribution in [0.15, 0.2) is 18.2 Å². The van der Waals surface area contributed by atoms with Gasteiger partial charge in [-0.25, -0.2) is 0 Å². The van der Waals surface area contributed by atoms with E-state index in [0.717, 1.165) is 12.0 Å². The molecule has 23 heavy (non-hydrogen) atoms. The molecule has 0 saturated heterocycles. The summed E-state index contributed by atoms with van der Waals surface area (Å²) >= 11 is 0. The molecule has 1 aromatic rings. The van der Waals surface area contributed by atoms with Crippen LogP contribution in [0.3, 0.4) is 0 Å². The summed E-state index contributed by atoms with van der Waals surface area (Å²) in [6.45, 7) is 8.30. The number of benzene rings is 1. The fourth-order valence-corrected chi connectivity index (χ4v) is 2.38. The molecule has 0 fully saturated rings. The fraction of sp³-hybridized carbons (Fsp3) is 0.611. The van der Waals surface area contributed by atoms with Gasteiger partial charge in [-0.15, -0.1) is 0 Å². The molecule has 0 radical (unpaired) electrons. The van der Waals surface area contributed by atoms with Gasteiger partial charge in [-0.05, 0) is 42.9 Å². The third-order valence-corrected chi connectivity index (χ3v) is 3.84. The van der Waals surface area contributed by atoms with Gasteiger partial charge >= 0.3 is 5.97 Å². The number of nitrogens with one attached hydrogen (secondary N) is 1. The smallest absolute Gasteiger partial charge is 0.320 e. The van der Waals surface area contributed by atoms with Crippen LogP contribution in [0.25, 0.3) is 0 Å². The highest BCUT2D eigenvalue weighted by Gasteiger charge is 2.23. The van der Waals surface area contributed by atoms with E-state index >= 15 is 0 Å². The van der Waals surface area contributed by atoms with Crippen molar-refractivity contribution < 1.29 is 19.4 Å². The van der Waals surface area contributed by atoms with Gasteiger partial charge in [0.2, 0.25) is 0 Å². The van der Waals surface area contributed by atoms with Crippen molar-refractivity contribution in [1.82, 2.24) is 5.32 Å². The summed E-state index contributed by atoms with van der Waals surface area (Å²) in [6, 6.07) is 4.95. The van der Waals surface area contributed by atoms with Gasteiger partial charge in [-0.2, -0.15) is 0 Å². The topological polar surface area (TPSA) is 67.8 Å². The van der Waals surface area contributed by atoms with Crippen LogP contribution < -0.4 is 14.8 Å². The van der Waals surface area contributed by atoms with Gasteiger partial charge in [-0.1, -0.05) is 26.8 Å².